The number of aromatic amines is 1. The van der Waals surface area contributed by atoms with Gasteiger partial charge in [-0.15, -0.1) is 0 Å². The van der Waals surface area contributed by atoms with Gasteiger partial charge in [-0.05, 0) is 60.5 Å². The monoisotopic (exact) mass is 333 g/mol. The second-order valence-electron chi connectivity index (χ2n) is 6.82. The van der Waals surface area contributed by atoms with Crippen LogP contribution in [0.2, 0.25) is 0 Å². The van der Waals surface area contributed by atoms with E-state index in [1.807, 2.05) is 18.3 Å². The van der Waals surface area contributed by atoms with Crippen LogP contribution in [0.4, 0.5) is 10.1 Å². The zero-order valence-electron chi connectivity index (χ0n) is 14.0. The second kappa shape index (κ2) is 5.66. The first-order chi connectivity index (χ1) is 12.3. The minimum absolute atomic E-state index is 0.179. The lowest BCUT2D eigenvalue weighted by atomic mass is 10.00. The molecule has 2 aliphatic heterocycles. The van der Waals surface area contributed by atoms with Gasteiger partial charge in [0.25, 0.3) is 0 Å². The fourth-order valence-electron chi connectivity index (χ4n) is 4.05. The van der Waals surface area contributed by atoms with E-state index >= 15 is 0 Å². The van der Waals surface area contributed by atoms with Crippen molar-refractivity contribution in [1.82, 2.24) is 9.99 Å². The number of halogens is 1. The Morgan fingerprint density at radius 2 is 1.80 bits per heavy atom. The minimum Gasteiger partial charge on any atom is -0.361 e. The highest BCUT2D eigenvalue weighted by Crippen LogP contribution is 2.39. The molecule has 0 saturated carbocycles. The van der Waals surface area contributed by atoms with Crippen LogP contribution in [0.15, 0.2) is 60.4 Å². The summed E-state index contributed by atoms with van der Waals surface area (Å²) in [5, 5.41) is 6.02. The lowest BCUT2D eigenvalue weighted by Crippen LogP contribution is -2.39. The van der Waals surface area contributed by atoms with E-state index in [-0.39, 0.29) is 5.82 Å². The van der Waals surface area contributed by atoms with Crippen LogP contribution < -0.4 is 5.01 Å². The van der Waals surface area contributed by atoms with E-state index in [1.54, 1.807) is 12.1 Å². The number of rotatable bonds is 2. The van der Waals surface area contributed by atoms with Crippen LogP contribution in [-0.4, -0.2) is 23.1 Å². The van der Waals surface area contributed by atoms with Crippen LogP contribution in [-0.2, 0) is 0 Å². The Kier molecular flexibility index (Phi) is 3.30. The van der Waals surface area contributed by atoms with Crippen LogP contribution in [0.3, 0.4) is 0 Å². The molecule has 2 aliphatic rings. The standard InChI is InChI=1S/C21H20FN3/c22-17-7-4-15(5-8-17)19-14-25(24-12-2-1-3-21(19)24)18-9-6-16-10-11-23-20(16)13-18/h4-11,13,23H,1-3,12,14H2. The van der Waals surface area contributed by atoms with Crippen LogP contribution in [0.5, 0.6) is 0 Å². The Labute approximate surface area is 146 Å². The van der Waals surface area contributed by atoms with Gasteiger partial charge in [-0.25, -0.2) is 4.39 Å². The average Bonchev–Trinajstić information content (AvgIpc) is 3.26. The first kappa shape index (κ1) is 14.6. The summed E-state index contributed by atoms with van der Waals surface area (Å²) in [6.07, 6.45) is 5.50. The lowest BCUT2D eigenvalue weighted by molar-refractivity contribution is 0.294. The third-order valence-corrected chi connectivity index (χ3v) is 5.32. The van der Waals surface area contributed by atoms with Crippen molar-refractivity contribution < 1.29 is 4.39 Å². The van der Waals surface area contributed by atoms with Gasteiger partial charge < -0.3 is 4.98 Å². The summed E-state index contributed by atoms with van der Waals surface area (Å²) in [5.74, 6) is -0.179. The normalized spacial score (nSPS) is 17.5. The van der Waals surface area contributed by atoms with Crippen molar-refractivity contribution in [3.05, 3.63) is 71.8 Å². The number of anilines is 1. The van der Waals surface area contributed by atoms with Gasteiger partial charge in [0.05, 0.1) is 12.2 Å². The fourth-order valence-corrected chi connectivity index (χ4v) is 4.05. The third kappa shape index (κ3) is 2.40. The zero-order valence-corrected chi connectivity index (χ0v) is 14.0. The smallest absolute Gasteiger partial charge is 0.123 e. The maximum absolute atomic E-state index is 13.3. The molecule has 1 saturated heterocycles. The maximum Gasteiger partial charge on any atom is 0.123 e. The predicted molar refractivity (Wildman–Crippen MR) is 99.5 cm³/mol. The molecule has 0 unspecified atom stereocenters. The number of H-pyrrole nitrogens is 1. The van der Waals surface area contributed by atoms with E-state index < -0.39 is 0 Å². The van der Waals surface area contributed by atoms with Crippen LogP contribution in [0.25, 0.3) is 16.5 Å². The SMILES string of the molecule is Fc1ccc(C2=C3CCCCN3N(c3ccc4cc[nH]c4c3)C2)cc1. The Morgan fingerprint density at radius 3 is 2.68 bits per heavy atom. The molecule has 3 aromatic rings. The Morgan fingerprint density at radius 1 is 0.920 bits per heavy atom. The number of hydrogen-bond donors (Lipinski definition) is 1. The molecular weight excluding hydrogens is 313 g/mol. The number of allylic oxidation sites excluding steroid dienone is 1. The molecular formula is C21H20FN3. The van der Waals surface area contributed by atoms with Crippen molar-refractivity contribution in [2.75, 3.05) is 18.1 Å². The van der Waals surface area contributed by atoms with Gasteiger partial charge in [-0.2, -0.15) is 0 Å². The molecule has 0 bridgehead atoms. The predicted octanol–water partition coefficient (Wildman–Crippen LogP) is 4.94. The third-order valence-electron chi connectivity index (χ3n) is 5.32. The Balaban J connectivity index is 1.55. The molecule has 0 amide bonds. The second-order valence-corrected chi connectivity index (χ2v) is 6.82. The highest BCUT2D eigenvalue weighted by molar-refractivity contribution is 5.84. The van der Waals surface area contributed by atoms with Crippen molar-refractivity contribution in [2.45, 2.75) is 19.3 Å². The summed E-state index contributed by atoms with van der Waals surface area (Å²) < 4.78 is 13.3. The first-order valence-electron chi connectivity index (χ1n) is 8.90. The van der Waals surface area contributed by atoms with E-state index in [2.05, 4.69) is 39.3 Å². The number of hydrogen-bond acceptors (Lipinski definition) is 2. The molecule has 0 spiro atoms. The molecule has 1 fully saturated rings. The number of aromatic nitrogens is 1. The molecule has 3 nitrogen and oxygen atoms in total. The van der Waals surface area contributed by atoms with E-state index in [4.69, 9.17) is 0 Å². The summed E-state index contributed by atoms with van der Waals surface area (Å²) in [7, 11) is 0. The highest BCUT2D eigenvalue weighted by atomic mass is 19.1. The molecule has 1 aromatic heterocycles. The summed E-state index contributed by atoms with van der Waals surface area (Å²) in [6, 6.07) is 15.6. The van der Waals surface area contributed by atoms with Crippen molar-refractivity contribution in [3.63, 3.8) is 0 Å². The molecule has 2 aromatic carbocycles. The summed E-state index contributed by atoms with van der Waals surface area (Å²) in [5.41, 5.74) is 6.21. The molecule has 4 heteroatoms. The van der Waals surface area contributed by atoms with Crippen LogP contribution in [0, 0.1) is 5.82 Å². The topological polar surface area (TPSA) is 22.3 Å². The Bertz CT molecular complexity index is 955. The fraction of sp³-hybridized carbons (Fsp3) is 0.238. The number of hydrazine groups is 1. The van der Waals surface area contributed by atoms with Gasteiger partial charge in [0, 0.05) is 29.5 Å². The molecule has 3 heterocycles. The summed E-state index contributed by atoms with van der Waals surface area (Å²) >= 11 is 0. The van der Waals surface area contributed by atoms with Gasteiger partial charge in [0.2, 0.25) is 0 Å². The lowest BCUT2D eigenvalue weighted by Gasteiger charge is -2.36. The summed E-state index contributed by atoms with van der Waals surface area (Å²) in [6.45, 7) is 1.88. The summed E-state index contributed by atoms with van der Waals surface area (Å²) in [4.78, 5) is 3.30. The molecule has 0 radical (unpaired) electrons. The van der Waals surface area contributed by atoms with Crippen LogP contribution >= 0.6 is 0 Å². The number of benzene rings is 2. The van der Waals surface area contributed by atoms with Crippen molar-refractivity contribution >= 4 is 22.2 Å². The van der Waals surface area contributed by atoms with Crippen molar-refractivity contribution in [3.8, 4) is 0 Å². The first-order valence-corrected chi connectivity index (χ1v) is 8.90. The molecule has 126 valence electrons. The number of nitrogens with zero attached hydrogens (tertiary/aromatic N) is 2. The molecule has 0 aliphatic carbocycles. The minimum atomic E-state index is -0.179. The Hall–Kier alpha value is -2.75. The zero-order chi connectivity index (χ0) is 16.8. The average molecular weight is 333 g/mol. The van der Waals surface area contributed by atoms with Gasteiger partial charge in [-0.3, -0.25) is 10.0 Å². The number of nitrogens with one attached hydrogen (secondary N) is 1. The van der Waals surface area contributed by atoms with Crippen LogP contribution in [0.1, 0.15) is 24.8 Å². The number of piperidine rings is 1. The molecule has 1 N–H and O–H groups in total. The highest BCUT2D eigenvalue weighted by Gasteiger charge is 2.32. The number of fused-ring (bicyclic) bond motifs is 2. The van der Waals surface area contributed by atoms with E-state index in [0.717, 1.165) is 30.6 Å². The van der Waals surface area contributed by atoms with Gasteiger partial charge in [-0.1, -0.05) is 18.2 Å². The van der Waals surface area contributed by atoms with Gasteiger partial charge >= 0.3 is 0 Å². The van der Waals surface area contributed by atoms with E-state index in [0.29, 0.717) is 0 Å². The van der Waals surface area contributed by atoms with Crippen molar-refractivity contribution in [1.29, 1.82) is 0 Å². The van der Waals surface area contributed by atoms with Crippen molar-refractivity contribution in [2.24, 2.45) is 0 Å². The van der Waals surface area contributed by atoms with Gasteiger partial charge in [0.1, 0.15) is 5.82 Å². The quantitative estimate of drug-likeness (QED) is 0.718. The van der Waals surface area contributed by atoms with E-state index in [1.165, 1.54) is 35.2 Å². The maximum atomic E-state index is 13.3. The largest absolute Gasteiger partial charge is 0.361 e. The molecule has 5 rings (SSSR count). The van der Waals surface area contributed by atoms with E-state index in [9.17, 15) is 4.39 Å². The molecule has 25 heavy (non-hydrogen) atoms. The molecule has 0 atom stereocenters. The van der Waals surface area contributed by atoms with Gasteiger partial charge in [0.15, 0.2) is 0 Å².